The summed E-state index contributed by atoms with van der Waals surface area (Å²) in [4.78, 5) is 25.5. The van der Waals surface area contributed by atoms with Crippen molar-refractivity contribution in [2.24, 2.45) is 5.92 Å². The maximum absolute atomic E-state index is 12.2. The molecule has 0 unspecified atom stereocenters. The van der Waals surface area contributed by atoms with Crippen molar-refractivity contribution in [3.8, 4) is 0 Å². The molecule has 9 heteroatoms. The van der Waals surface area contributed by atoms with Gasteiger partial charge in [0.25, 0.3) is 5.91 Å². The molecule has 44 heavy (non-hydrogen) atoms. The van der Waals surface area contributed by atoms with Crippen LogP contribution < -0.4 is 5.32 Å². The van der Waals surface area contributed by atoms with E-state index in [1.54, 1.807) is 0 Å². The number of benzene rings is 3. The van der Waals surface area contributed by atoms with E-state index < -0.39 is 24.5 Å². The second kappa shape index (κ2) is 15.4. The number of carbonyl (C=O) groups is 2. The fourth-order valence-electron chi connectivity index (χ4n) is 5.38. The average molecular weight is 605 g/mol. The molecule has 1 fully saturated rings. The first-order chi connectivity index (χ1) is 21.1. The molecule has 9 nitrogen and oxygen atoms in total. The van der Waals surface area contributed by atoms with Gasteiger partial charge in [0, 0.05) is 37.5 Å². The highest BCUT2D eigenvalue weighted by Crippen LogP contribution is 2.42. The topological polar surface area (TPSA) is 118 Å². The minimum atomic E-state index is -0.868. The summed E-state index contributed by atoms with van der Waals surface area (Å²) >= 11 is 0. The minimum Gasteiger partial charge on any atom is -0.453 e. The Hall–Kier alpha value is -3.60. The second-order valence-electron chi connectivity index (χ2n) is 11.6. The lowest BCUT2D eigenvalue weighted by atomic mass is 9.89. The van der Waals surface area contributed by atoms with E-state index in [1.807, 2.05) is 92.8 Å². The molecule has 0 aromatic heterocycles. The highest BCUT2D eigenvalue weighted by atomic mass is 16.7. The molecule has 0 bridgehead atoms. The summed E-state index contributed by atoms with van der Waals surface area (Å²) in [6.45, 7) is 7.74. The van der Waals surface area contributed by atoms with Crippen molar-refractivity contribution in [1.82, 2.24) is 10.2 Å². The predicted octanol–water partition coefficient (Wildman–Crippen LogP) is 4.59. The van der Waals surface area contributed by atoms with E-state index in [4.69, 9.17) is 14.2 Å². The molecular formula is C35H44N2O7. The van der Waals surface area contributed by atoms with Crippen LogP contribution in [0.1, 0.15) is 74.0 Å². The number of hydrogen-bond donors (Lipinski definition) is 3. The van der Waals surface area contributed by atoms with Gasteiger partial charge in [0.15, 0.2) is 12.4 Å². The zero-order chi connectivity index (χ0) is 31.8. The minimum absolute atomic E-state index is 0.0107. The number of likely N-dealkylation sites (N-methyl/N-ethyl adjacent to an activating group) is 1. The lowest BCUT2D eigenvalue weighted by Crippen LogP contribution is -2.46. The van der Waals surface area contributed by atoms with Crippen molar-refractivity contribution in [1.29, 1.82) is 0 Å². The highest BCUT2D eigenvalue weighted by Gasteiger charge is 2.39. The molecule has 4 rings (SSSR count). The molecule has 1 amide bonds. The molecular weight excluding hydrogens is 560 g/mol. The van der Waals surface area contributed by atoms with Crippen molar-refractivity contribution in [3.63, 3.8) is 0 Å². The first-order valence-corrected chi connectivity index (χ1v) is 15.0. The van der Waals surface area contributed by atoms with E-state index in [0.717, 1.165) is 27.8 Å². The Morgan fingerprint density at radius 2 is 1.55 bits per heavy atom. The van der Waals surface area contributed by atoms with Crippen LogP contribution in [-0.4, -0.2) is 58.8 Å². The van der Waals surface area contributed by atoms with Crippen molar-refractivity contribution < 1.29 is 34.0 Å². The van der Waals surface area contributed by atoms with Gasteiger partial charge in [0.2, 0.25) is 0 Å². The molecule has 1 aliphatic heterocycles. The SMILES string of the molecule is CC(=O)O[C@@H](C)C(=O)NCc1ccc([C@@H]2O[C@H](CN(C)[C@@H](C)[C@H](O)c3ccccc3)[C@H](C)[C@H](c3ccc(CO)cc3)O2)cc1. The van der Waals surface area contributed by atoms with Gasteiger partial charge in [-0.3, -0.25) is 14.5 Å². The van der Waals surface area contributed by atoms with Crippen molar-refractivity contribution in [2.45, 2.75) is 77.6 Å². The van der Waals surface area contributed by atoms with Gasteiger partial charge >= 0.3 is 5.97 Å². The lowest BCUT2D eigenvalue weighted by Gasteiger charge is -2.43. The molecule has 0 spiro atoms. The van der Waals surface area contributed by atoms with Crippen molar-refractivity contribution >= 4 is 11.9 Å². The number of amides is 1. The van der Waals surface area contributed by atoms with Crippen LogP contribution in [0.25, 0.3) is 0 Å². The standard InChI is InChI=1S/C35H44N2O7/c1-22-31(20-37(5)23(2)32(40)28-9-7-6-8-10-28)43-35(44-33(22)29-15-13-27(21-38)14-16-29)30-17-11-26(12-18-30)19-36-34(41)24(3)42-25(4)39/h6-18,22-24,31-33,35,38,40H,19-21H2,1-5H3,(H,36,41)/t22-,23-,24-,31+,32-,33+,35+/m0/s1. The maximum atomic E-state index is 12.2. The summed E-state index contributed by atoms with van der Waals surface area (Å²) in [6, 6.07) is 24.9. The number of rotatable bonds is 12. The van der Waals surface area contributed by atoms with Gasteiger partial charge in [-0.15, -0.1) is 0 Å². The van der Waals surface area contributed by atoms with Gasteiger partial charge in [-0.2, -0.15) is 0 Å². The number of nitrogens with zero attached hydrogens (tertiary/aromatic N) is 1. The van der Waals surface area contributed by atoms with E-state index in [-0.39, 0.29) is 43.2 Å². The van der Waals surface area contributed by atoms with Crippen molar-refractivity contribution in [2.75, 3.05) is 13.6 Å². The Labute approximate surface area is 259 Å². The summed E-state index contributed by atoms with van der Waals surface area (Å²) in [5.41, 5.74) is 4.40. The van der Waals surface area contributed by atoms with Gasteiger partial charge in [-0.05, 0) is 43.1 Å². The maximum Gasteiger partial charge on any atom is 0.303 e. The lowest BCUT2D eigenvalue weighted by molar-refractivity contribution is -0.276. The first kappa shape index (κ1) is 33.3. The molecule has 7 atom stereocenters. The Bertz CT molecular complexity index is 1350. The third kappa shape index (κ3) is 8.52. The number of aliphatic hydroxyl groups is 2. The quantitative estimate of drug-likeness (QED) is 0.257. The summed E-state index contributed by atoms with van der Waals surface area (Å²) in [5.74, 6) is -0.887. The van der Waals surface area contributed by atoms with Crippen LogP contribution in [0.2, 0.25) is 0 Å². The van der Waals surface area contributed by atoms with E-state index >= 15 is 0 Å². The van der Waals surface area contributed by atoms with Gasteiger partial charge in [0.05, 0.1) is 24.9 Å². The van der Waals surface area contributed by atoms with Crippen molar-refractivity contribution in [3.05, 3.63) is 107 Å². The van der Waals surface area contributed by atoms with Crippen LogP contribution in [0.15, 0.2) is 78.9 Å². The van der Waals surface area contributed by atoms with Gasteiger partial charge in [-0.1, -0.05) is 85.8 Å². The number of carbonyl (C=O) groups excluding carboxylic acids is 2. The normalized spacial score (nSPS) is 22.2. The first-order valence-electron chi connectivity index (χ1n) is 15.0. The zero-order valence-corrected chi connectivity index (χ0v) is 26.1. The molecule has 236 valence electrons. The number of aliphatic hydroxyl groups excluding tert-OH is 2. The largest absolute Gasteiger partial charge is 0.453 e. The third-order valence-corrected chi connectivity index (χ3v) is 8.32. The molecule has 0 saturated carbocycles. The third-order valence-electron chi connectivity index (χ3n) is 8.32. The van der Waals surface area contributed by atoms with Crippen LogP contribution in [0.5, 0.6) is 0 Å². The Morgan fingerprint density at radius 1 is 0.932 bits per heavy atom. The molecule has 3 N–H and O–H groups in total. The summed E-state index contributed by atoms with van der Waals surface area (Å²) in [6.07, 6.45) is -2.65. The monoisotopic (exact) mass is 604 g/mol. The molecule has 1 saturated heterocycles. The van der Waals surface area contributed by atoms with E-state index in [1.165, 1.54) is 13.8 Å². The molecule has 1 aliphatic rings. The fourth-order valence-corrected chi connectivity index (χ4v) is 5.38. The molecule has 0 aliphatic carbocycles. The smallest absolute Gasteiger partial charge is 0.303 e. The van der Waals surface area contributed by atoms with Crippen LogP contribution in [0.3, 0.4) is 0 Å². The van der Waals surface area contributed by atoms with Gasteiger partial charge in [0.1, 0.15) is 0 Å². The zero-order valence-electron chi connectivity index (χ0n) is 26.1. The number of hydrogen-bond acceptors (Lipinski definition) is 8. The average Bonchev–Trinajstić information content (AvgIpc) is 3.04. The summed E-state index contributed by atoms with van der Waals surface area (Å²) in [5, 5.41) is 23.4. The molecule has 1 heterocycles. The van der Waals surface area contributed by atoms with Crippen LogP contribution in [0, 0.1) is 5.92 Å². The van der Waals surface area contributed by atoms with Crippen LogP contribution in [0.4, 0.5) is 0 Å². The number of ether oxygens (including phenoxy) is 3. The summed E-state index contributed by atoms with van der Waals surface area (Å²) < 4.78 is 18.1. The second-order valence-corrected chi connectivity index (χ2v) is 11.6. The van der Waals surface area contributed by atoms with Gasteiger partial charge < -0.3 is 29.7 Å². The fraction of sp³-hybridized carbons (Fsp3) is 0.429. The van der Waals surface area contributed by atoms with Gasteiger partial charge in [-0.25, -0.2) is 0 Å². The number of esters is 1. The predicted molar refractivity (Wildman–Crippen MR) is 166 cm³/mol. The Balaban J connectivity index is 1.50. The summed E-state index contributed by atoms with van der Waals surface area (Å²) in [7, 11) is 1.99. The van der Waals surface area contributed by atoms with E-state index in [9.17, 15) is 19.8 Å². The molecule has 3 aromatic rings. The van der Waals surface area contributed by atoms with Crippen LogP contribution in [-0.2, 0) is 37.0 Å². The molecule has 3 aromatic carbocycles. The molecule has 0 radical (unpaired) electrons. The van der Waals surface area contributed by atoms with E-state index in [0.29, 0.717) is 6.54 Å². The van der Waals surface area contributed by atoms with E-state index in [2.05, 4.69) is 17.1 Å². The Kier molecular flexibility index (Phi) is 11.7. The highest BCUT2D eigenvalue weighted by molar-refractivity contribution is 5.82. The van der Waals surface area contributed by atoms with Crippen LogP contribution >= 0.6 is 0 Å². The Morgan fingerprint density at radius 3 is 2.16 bits per heavy atom. The number of nitrogens with one attached hydrogen (secondary N) is 1.